The summed E-state index contributed by atoms with van der Waals surface area (Å²) in [5, 5.41) is 3.61. The van der Waals surface area contributed by atoms with E-state index in [-0.39, 0.29) is 0 Å². The number of rotatable bonds is 5. The third-order valence-electron chi connectivity index (χ3n) is 4.57. The van der Waals surface area contributed by atoms with Gasteiger partial charge in [0.05, 0.1) is 0 Å². The lowest BCUT2D eigenvalue weighted by Crippen LogP contribution is -2.51. The zero-order valence-corrected chi connectivity index (χ0v) is 11.6. The van der Waals surface area contributed by atoms with Crippen LogP contribution in [0.5, 0.6) is 0 Å². The van der Waals surface area contributed by atoms with Crippen LogP contribution in [0, 0.1) is 5.92 Å². The molecule has 0 aromatic heterocycles. The van der Waals surface area contributed by atoms with Crippen LogP contribution in [0.2, 0.25) is 0 Å². The van der Waals surface area contributed by atoms with Crippen LogP contribution in [0.15, 0.2) is 0 Å². The molecule has 17 heavy (non-hydrogen) atoms. The average Bonchev–Trinajstić information content (AvgIpc) is 2.26. The second kappa shape index (κ2) is 7.38. The first-order valence-electron chi connectivity index (χ1n) is 7.86. The van der Waals surface area contributed by atoms with Crippen molar-refractivity contribution >= 4 is 0 Å². The Kier molecular flexibility index (Phi) is 5.79. The van der Waals surface area contributed by atoms with Crippen LogP contribution in [-0.4, -0.2) is 37.1 Å². The molecule has 1 aliphatic heterocycles. The molecule has 2 rings (SSSR count). The van der Waals surface area contributed by atoms with Crippen LogP contribution in [0.3, 0.4) is 0 Å². The van der Waals surface area contributed by atoms with Gasteiger partial charge in [0.2, 0.25) is 0 Å². The van der Waals surface area contributed by atoms with Crippen molar-refractivity contribution in [3.63, 3.8) is 0 Å². The summed E-state index contributed by atoms with van der Waals surface area (Å²) >= 11 is 0. The molecule has 1 saturated carbocycles. The minimum absolute atomic E-state index is 0.914. The monoisotopic (exact) mass is 238 g/mol. The van der Waals surface area contributed by atoms with E-state index in [1.165, 1.54) is 77.5 Å². The van der Waals surface area contributed by atoms with Gasteiger partial charge in [-0.1, -0.05) is 26.2 Å². The van der Waals surface area contributed by atoms with Gasteiger partial charge in [-0.3, -0.25) is 0 Å². The molecule has 2 aliphatic rings. The summed E-state index contributed by atoms with van der Waals surface area (Å²) in [6.45, 7) is 7.45. The summed E-state index contributed by atoms with van der Waals surface area (Å²) in [7, 11) is 0. The SMILES string of the molecule is CCCNCC1CCC1N1CCCCCCC1. The number of hydrogen-bond donors (Lipinski definition) is 1. The first-order chi connectivity index (χ1) is 8.42. The van der Waals surface area contributed by atoms with E-state index in [1.807, 2.05) is 0 Å². The molecule has 0 bridgehead atoms. The molecular formula is C15H30N2. The average molecular weight is 238 g/mol. The molecule has 0 radical (unpaired) electrons. The van der Waals surface area contributed by atoms with E-state index < -0.39 is 0 Å². The molecule has 2 heteroatoms. The lowest BCUT2D eigenvalue weighted by molar-refractivity contribution is 0.0554. The summed E-state index contributed by atoms with van der Waals surface area (Å²) in [5.74, 6) is 0.945. The Morgan fingerprint density at radius 1 is 1.00 bits per heavy atom. The molecule has 1 heterocycles. The van der Waals surface area contributed by atoms with Crippen molar-refractivity contribution in [2.24, 2.45) is 5.92 Å². The van der Waals surface area contributed by atoms with Crippen LogP contribution in [0.25, 0.3) is 0 Å². The highest BCUT2D eigenvalue weighted by molar-refractivity contribution is 4.90. The summed E-state index contributed by atoms with van der Waals surface area (Å²) in [4.78, 5) is 2.81. The molecular weight excluding hydrogens is 208 g/mol. The van der Waals surface area contributed by atoms with Crippen molar-refractivity contribution in [2.75, 3.05) is 26.2 Å². The van der Waals surface area contributed by atoms with E-state index in [1.54, 1.807) is 0 Å². The number of nitrogens with zero attached hydrogens (tertiary/aromatic N) is 1. The normalized spacial score (nSPS) is 31.6. The minimum atomic E-state index is 0.914. The smallest absolute Gasteiger partial charge is 0.0136 e. The van der Waals surface area contributed by atoms with Crippen LogP contribution in [0.1, 0.15) is 58.3 Å². The molecule has 1 aliphatic carbocycles. The van der Waals surface area contributed by atoms with E-state index in [2.05, 4.69) is 17.1 Å². The Labute approximate surface area is 107 Å². The molecule has 0 aromatic carbocycles. The summed E-state index contributed by atoms with van der Waals surface area (Å²) in [6, 6.07) is 0.914. The molecule has 0 amide bonds. The fraction of sp³-hybridized carbons (Fsp3) is 1.00. The maximum atomic E-state index is 3.61. The summed E-state index contributed by atoms with van der Waals surface area (Å²) in [5.41, 5.74) is 0. The topological polar surface area (TPSA) is 15.3 Å². The van der Waals surface area contributed by atoms with Crippen LogP contribution >= 0.6 is 0 Å². The van der Waals surface area contributed by atoms with E-state index in [0.717, 1.165) is 12.0 Å². The molecule has 0 aromatic rings. The first-order valence-corrected chi connectivity index (χ1v) is 7.86. The molecule has 2 atom stereocenters. The Morgan fingerprint density at radius 3 is 2.29 bits per heavy atom. The Hall–Kier alpha value is -0.0800. The highest BCUT2D eigenvalue weighted by Gasteiger charge is 2.34. The Bertz CT molecular complexity index is 197. The van der Waals surface area contributed by atoms with E-state index in [4.69, 9.17) is 0 Å². The third-order valence-corrected chi connectivity index (χ3v) is 4.57. The van der Waals surface area contributed by atoms with Crippen molar-refractivity contribution in [3.8, 4) is 0 Å². The Morgan fingerprint density at radius 2 is 1.71 bits per heavy atom. The lowest BCUT2D eigenvalue weighted by Gasteiger charge is -2.45. The number of nitrogens with one attached hydrogen (secondary N) is 1. The number of hydrogen-bond acceptors (Lipinski definition) is 2. The van der Waals surface area contributed by atoms with Crippen molar-refractivity contribution in [2.45, 2.75) is 64.3 Å². The minimum Gasteiger partial charge on any atom is -0.316 e. The predicted molar refractivity (Wildman–Crippen MR) is 74.3 cm³/mol. The fourth-order valence-corrected chi connectivity index (χ4v) is 3.34. The Balaban J connectivity index is 1.71. The van der Waals surface area contributed by atoms with Crippen LogP contribution in [-0.2, 0) is 0 Å². The van der Waals surface area contributed by atoms with E-state index >= 15 is 0 Å². The maximum absolute atomic E-state index is 3.61. The van der Waals surface area contributed by atoms with Gasteiger partial charge in [-0.2, -0.15) is 0 Å². The largest absolute Gasteiger partial charge is 0.316 e. The van der Waals surface area contributed by atoms with Crippen molar-refractivity contribution < 1.29 is 0 Å². The van der Waals surface area contributed by atoms with E-state index in [9.17, 15) is 0 Å². The zero-order chi connectivity index (χ0) is 11.9. The molecule has 2 fully saturated rings. The van der Waals surface area contributed by atoms with Crippen molar-refractivity contribution in [1.29, 1.82) is 0 Å². The standard InChI is InChI=1S/C15H30N2/c1-2-10-16-13-14-8-9-15(14)17-11-6-4-3-5-7-12-17/h14-16H,2-13H2,1H3. The van der Waals surface area contributed by atoms with Gasteiger partial charge in [-0.25, -0.2) is 0 Å². The predicted octanol–water partition coefficient (Wildman–Crippen LogP) is 3.03. The van der Waals surface area contributed by atoms with Crippen LogP contribution < -0.4 is 5.32 Å². The second-order valence-electron chi connectivity index (χ2n) is 5.91. The van der Waals surface area contributed by atoms with Gasteiger partial charge in [0.25, 0.3) is 0 Å². The highest BCUT2D eigenvalue weighted by atomic mass is 15.2. The van der Waals surface area contributed by atoms with Crippen molar-refractivity contribution in [3.05, 3.63) is 0 Å². The molecule has 100 valence electrons. The van der Waals surface area contributed by atoms with Gasteiger partial charge in [-0.05, 0) is 64.2 Å². The first kappa shape index (κ1) is 13.4. The summed E-state index contributed by atoms with van der Waals surface area (Å²) < 4.78 is 0. The highest BCUT2D eigenvalue weighted by Crippen LogP contribution is 2.32. The molecule has 2 unspecified atom stereocenters. The molecule has 0 spiro atoms. The third kappa shape index (κ3) is 3.96. The second-order valence-corrected chi connectivity index (χ2v) is 5.91. The van der Waals surface area contributed by atoms with E-state index in [0.29, 0.717) is 0 Å². The molecule has 1 saturated heterocycles. The van der Waals surface area contributed by atoms with Gasteiger partial charge in [0.1, 0.15) is 0 Å². The number of likely N-dealkylation sites (tertiary alicyclic amines) is 1. The van der Waals surface area contributed by atoms with Crippen LogP contribution in [0.4, 0.5) is 0 Å². The summed E-state index contributed by atoms with van der Waals surface area (Å²) in [6.07, 6.45) is 11.4. The molecule has 2 nitrogen and oxygen atoms in total. The van der Waals surface area contributed by atoms with Gasteiger partial charge in [0, 0.05) is 6.04 Å². The zero-order valence-electron chi connectivity index (χ0n) is 11.6. The lowest BCUT2D eigenvalue weighted by atomic mass is 9.78. The fourth-order valence-electron chi connectivity index (χ4n) is 3.34. The van der Waals surface area contributed by atoms with Gasteiger partial charge in [-0.15, -0.1) is 0 Å². The maximum Gasteiger partial charge on any atom is 0.0136 e. The van der Waals surface area contributed by atoms with Gasteiger partial charge >= 0.3 is 0 Å². The quantitative estimate of drug-likeness (QED) is 0.741. The van der Waals surface area contributed by atoms with Crippen molar-refractivity contribution in [1.82, 2.24) is 10.2 Å². The van der Waals surface area contributed by atoms with Gasteiger partial charge < -0.3 is 10.2 Å². The van der Waals surface area contributed by atoms with Gasteiger partial charge in [0.15, 0.2) is 0 Å². The molecule has 1 N–H and O–H groups in total.